The van der Waals surface area contributed by atoms with Crippen molar-refractivity contribution in [3.8, 4) is 0 Å². The van der Waals surface area contributed by atoms with Crippen molar-refractivity contribution in [3.05, 3.63) is 53.6 Å². The Labute approximate surface area is 239 Å². The average Bonchev–Trinajstić information content (AvgIpc) is 2.89. The van der Waals surface area contributed by atoms with Crippen LogP contribution in [0.5, 0.6) is 0 Å². The molecule has 0 saturated carbocycles. The van der Waals surface area contributed by atoms with E-state index in [1.54, 1.807) is 0 Å². The lowest BCUT2D eigenvalue weighted by molar-refractivity contribution is -0.121. The first-order valence-corrected chi connectivity index (χ1v) is 14.3. The van der Waals surface area contributed by atoms with Gasteiger partial charge in [0.25, 0.3) is 0 Å². The second-order valence-electron chi connectivity index (χ2n) is 10.6. The molecule has 0 fully saturated rings. The highest BCUT2D eigenvalue weighted by atomic mass is 19.2. The van der Waals surface area contributed by atoms with Crippen molar-refractivity contribution in [3.63, 3.8) is 0 Å². The summed E-state index contributed by atoms with van der Waals surface area (Å²) in [5, 5.41) is 10.7. The number of nitrogens with one attached hydrogen (secondary N) is 4. The Balaban J connectivity index is 2.58. The van der Waals surface area contributed by atoms with Crippen molar-refractivity contribution >= 4 is 17.6 Å². The van der Waals surface area contributed by atoms with Crippen LogP contribution in [0.4, 0.5) is 19.3 Å². The van der Waals surface area contributed by atoms with Gasteiger partial charge >= 0.3 is 6.03 Å². The van der Waals surface area contributed by atoms with Crippen LogP contribution in [-0.4, -0.2) is 55.9 Å². The van der Waals surface area contributed by atoms with Gasteiger partial charge in [0.2, 0.25) is 5.91 Å². The predicted molar refractivity (Wildman–Crippen MR) is 160 cm³/mol. The quantitative estimate of drug-likeness (QED) is 0.117. The number of hydrogen-bond acceptors (Lipinski definition) is 5. The van der Waals surface area contributed by atoms with Crippen molar-refractivity contribution in [2.24, 2.45) is 11.1 Å². The zero-order valence-corrected chi connectivity index (χ0v) is 24.9. The molecule has 1 unspecified atom stereocenters. The number of halogens is 2. The van der Waals surface area contributed by atoms with Gasteiger partial charge in [-0.1, -0.05) is 58.4 Å². The summed E-state index contributed by atoms with van der Waals surface area (Å²) in [5.41, 5.74) is 7.39. The molecule has 6 N–H and O–H groups in total. The standard InChI is InChI=1S/C30H50F2N6O2/c1-6-12-23(7-2)16-20-38(19-11-18-33)22-30(4,5)17-10-9-13-27(39)36-28(34-8-3)37-29(40)35-24-14-15-25(31)26(32)21-24/h9-10,12,14-15,21,28,34H,6-8,11,13,16-20,22,33H2,1-5H3,(H,36,39)(H2,35,37,40). The smallest absolute Gasteiger partial charge is 0.321 e. The Kier molecular flexibility index (Phi) is 17.0. The molecule has 1 aromatic rings. The van der Waals surface area contributed by atoms with Crippen LogP contribution in [0.25, 0.3) is 0 Å². The van der Waals surface area contributed by atoms with Crippen LogP contribution in [0.2, 0.25) is 0 Å². The number of nitrogens with zero attached hydrogens (tertiary/aromatic N) is 1. The maximum Gasteiger partial charge on any atom is 0.321 e. The number of rotatable bonds is 19. The second-order valence-corrected chi connectivity index (χ2v) is 10.6. The topological polar surface area (TPSA) is 112 Å². The molecule has 1 rings (SSSR count). The fraction of sp³-hybridized carbons (Fsp3) is 0.600. The Morgan fingerprint density at radius 3 is 2.45 bits per heavy atom. The summed E-state index contributed by atoms with van der Waals surface area (Å²) in [7, 11) is 0. The molecule has 226 valence electrons. The number of benzene rings is 1. The molecule has 0 spiro atoms. The number of hydrogen-bond donors (Lipinski definition) is 5. The van der Waals surface area contributed by atoms with E-state index in [2.05, 4.69) is 59.9 Å². The van der Waals surface area contributed by atoms with Gasteiger partial charge in [-0.25, -0.2) is 13.6 Å². The van der Waals surface area contributed by atoms with Gasteiger partial charge in [-0.3, -0.25) is 10.1 Å². The van der Waals surface area contributed by atoms with E-state index >= 15 is 0 Å². The van der Waals surface area contributed by atoms with Gasteiger partial charge in [0.15, 0.2) is 17.9 Å². The summed E-state index contributed by atoms with van der Waals surface area (Å²) < 4.78 is 26.5. The zero-order chi connectivity index (χ0) is 30.0. The van der Waals surface area contributed by atoms with Crippen LogP contribution in [0.15, 0.2) is 42.0 Å². The number of anilines is 1. The molecule has 0 heterocycles. The third-order valence-corrected chi connectivity index (χ3v) is 6.33. The highest BCUT2D eigenvalue weighted by molar-refractivity contribution is 5.89. The lowest BCUT2D eigenvalue weighted by Gasteiger charge is -2.32. The van der Waals surface area contributed by atoms with Crippen LogP contribution in [-0.2, 0) is 4.79 Å². The zero-order valence-electron chi connectivity index (χ0n) is 24.9. The van der Waals surface area contributed by atoms with Gasteiger partial charge in [-0.15, -0.1) is 0 Å². The van der Waals surface area contributed by atoms with Crippen LogP contribution in [0.1, 0.15) is 73.1 Å². The first kappa shape index (κ1) is 35.2. The highest BCUT2D eigenvalue weighted by Gasteiger charge is 2.21. The molecule has 0 aliphatic heterocycles. The molecule has 3 amide bonds. The molecule has 0 radical (unpaired) electrons. The second kappa shape index (κ2) is 19.3. The Morgan fingerprint density at radius 1 is 1.07 bits per heavy atom. The van der Waals surface area contributed by atoms with Crippen molar-refractivity contribution in [1.82, 2.24) is 20.9 Å². The summed E-state index contributed by atoms with van der Waals surface area (Å²) >= 11 is 0. The van der Waals surface area contributed by atoms with Crippen LogP contribution in [0, 0.1) is 17.0 Å². The fourth-order valence-electron chi connectivity index (χ4n) is 4.30. The summed E-state index contributed by atoms with van der Waals surface area (Å²) in [6.45, 7) is 14.7. The van der Waals surface area contributed by atoms with Gasteiger partial charge in [-0.2, -0.15) is 0 Å². The van der Waals surface area contributed by atoms with E-state index < -0.39 is 24.0 Å². The van der Waals surface area contributed by atoms with E-state index in [0.717, 1.165) is 63.9 Å². The van der Waals surface area contributed by atoms with Crippen LogP contribution < -0.4 is 27.0 Å². The normalized spacial score (nSPS) is 13.1. The van der Waals surface area contributed by atoms with Crippen molar-refractivity contribution in [2.75, 3.05) is 38.0 Å². The Morgan fingerprint density at radius 2 is 1.82 bits per heavy atom. The van der Waals surface area contributed by atoms with E-state index in [1.807, 2.05) is 19.1 Å². The number of carbonyl (C=O) groups is 2. The first-order valence-electron chi connectivity index (χ1n) is 14.3. The number of nitrogens with two attached hydrogens (primary N) is 1. The minimum Gasteiger partial charge on any atom is -0.330 e. The molecule has 10 heteroatoms. The number of allylic oxidation sites excluding steroid dienone is 2. The van der Waals surface area contributed by atoms with Crippen molar-refractivity contribution in [2.45, 2.75) is 79.4 Å². The minimum atomic E-state index is -1.07. The van der Waals surface area contributed by atoms with E-state index in [0.29, 0.717) is 13.1 Å². The predicted octanol–water partition coefficient (Wildman–Crippen LogP) is 5.25. The van der Waals surface area contributed by atoms with Gasteiger partial charge < -0.3 is 26.6 Å². The molecule has 0 saturated heterocycles. The average molecular weight is 565 g/mol. The van der Waals surface area contributed by atoms with Gasteiger partial charge in [0.05, 0.1) is 0 Å². The number of urea groups is 1. The summed E-state index contributed by atoms with van der Waals surface area (Å²) in [6, 6.07) is 2.37. The summed E-state index contributed by atoms with van der Waals surface area (Å²) in [4.78, 5) is 27.3. The van der Waals surface area contributed by atoms with E-state index in [4.69, 9.17) is 5.73 Å². The molecule has 0 aliphatic carbocycles. The summed E-state index contributed by atoms with van der Waals surface area (Å²) in [6.07, 6.45) is 10.5. The first-order chi connectivity index (χ1) is 19.0. The maximum atomic E-state index is 13.4. The van der Waals surface area contributed by atoms with E-state index in [-0.39, 0.29) is 23.4 Å². The highest BCUT2D eigenvalue weighted by Crippen LogP contribution is 2.23. The van der Waals surface area contributed by atoms with Crippen LogP contribution >= 0.6 is 0 Å². The lowest BCUT2D eigenvalue weighted by Crippen LogP contribution is -2.57. The van der Waals surface area contributed by atoms with Gasteiger partial charge in [-0.05, 0) is 69.3 Å². The van der Waals surface area contributed by atoms with Crippen LogP contribution in [0.3, 0.4) is 0 Å². The molecule has 1 aromatic carbocycles. The monoisotopic (exact) mass is 564 g/mol. The number of carbonyl (C=O) groups excluding carboxylic acids is 2. The Bertz CT molecular complexity index is 968. The maximum absolute atomic E-state index is 13.4. The van der Waals surface area contributed by atoms with Crippen molar-refractivity contribution < 1.29 is 18.4 Å². The van der Waals surface area contributed by atoms with Gasteiger partial charge in [0.1, 0.15) is 0 Å². The van der Waals surface area contributed by atoms with Crippen molar-refractivity contribution in [1.29, 1.82) is 0 Å². The summed E-state index contributed by atoms with van der Waals surface area (Å²) in [5.74, 6) is -2.34. The molecular weight excluding hydrogens is 514 g/mol. The lowest BCUT2D eigenvalue weighted by atomic mass is 9.88. The third-order valence-electron chi connectivity index (χ3n) is 6.33. The third kappa shape index (κ3) is 15.1. The SMILES string of the molecule is CCC=C(CC)CCN(CCCN)CC(C)(C)CC=CCC(=O)NC(NCC)NC(=O)Nc1ccc(F)c(F)c1. The molecule has 0 aliphatic rings. The minimum absolute atomic E-state index is 0.0220. The van der Waals surface area contributed by atoms with Gasteiger partial charge in [0, 0.05) is 31.3 Å². The molecular formula is C30H50F2N6O2. The fourth-order valence-corrected chi connectivity index (χ4v) is 4.30. The van der Waals surface area contributed by atoms with E-state index in [9.17, 15) is 18.4 Å². The van der Waals surface area contributed by atoms with E-state index in [1.165, 1.54) is 11.6 Å². The Hall–Kier alpha value is -2.82. The molecule has 8 nitrogen and oxygen atoms in total. The largest absolute Gasteiger partial charge is 0.330 e. The molecule has 0 aromatic heterocycles. The number of amides is 3. The molecule has 40 heavy (non-hydrogen) atoms. The molecule has 1 atom stereocenters. The molecule has 0 bridgehead atoms.